The molecular formula is C10H16F2N4. The first kappa shape index (κ1) is 11.3. The van der Waals surface area contributed by atoms with Gasteiger partial charge in [-0.05, 0) is 6.92 Å². The van der Waals surface area contributed by atoms with Crippen molar-refractivity contribution in [3.63, 3.8) is 0 Å². The summed E-state index contributed by atoms with van der Waals surface area (Å²) in [5.41, 5.74) is 0. The number of hydrogen-bond acceptors (Lipinski definition) is 3. The second-order valence-corrected chi connectivity index (χ2v) is 4.04. The van der Waals surface area contributed by atoms with Crippen LogP contribution in [0.5, 0.6) is 0 Å². The number of nitrogens with zero attached hydrogens (tertiary/aromatic N) is 4. The van der Waals surface area contributed by atoms with Gasteiger partial charge in [0.1, 0.15) is 5.82 Å². The van der Waals surface area contributed by atoms with Crippen LogP contribution in [0.25, 0.3) is 0 Å². The Morgan fingerprint density at radius 2 is 2.06 bits per heavy atom. The van der Waals surface area contributed by atoms with Crippen molar-refractivity contribution in [1.82, 2.24) is 14.8 Å². The first-order chi connectivity index (χ1) is 7.57. The third-order valence-electron chi connectivity index (χ3n) is 2.89. The van der Waals surface area contributed by atoms with Gasteiger partial charge in [0.25, 0.3) is 5.92 Å². The lowest BCUT2D eigenvalue weighted by atomic mass is 10.3. The Labute approximate surface area is 93.3 Å². The molecule has 0 atom stereocenters. The molecule has 0 radical (unpaired) electrons. The molecule has 1 aliphatic rings. The van der Waals surface area contributed by atoms with E-state index >= 15 is 0 Å². The van der Waals surface area contributed by atoms with E-state index in [2.05, 4.69) is 10.2 Å². The largest absolute Gasteiger partial charge is 0.335 e. The number of halogens is 2. The van der Waals surface area contributed by atoms with Crippen LogP contribution in [-0.2, 0) is 13.0 Å². The predicted molar refractivity (Wildman–Crippen MR) is 56.9 cm³/mol. The second kappa shape index (κ2) is 3.99. The molecule has 0 unspecified atom stereocenters. The minimum Gasteiger partial charge on any atom is -0.335 e. The minimum atomic E-state index is -2.59. The molecule has 0 aliphatic carbocycles. The van der Waals surface area contributed by atoms with E-state index in [9.17, 15) is 8.78 Å². The van der Waals surface area contributed by atoms with Gasteiger partial charge in [-0.3, -0.25) is 4.57 Å². The fraction of sp³-hybridized carbons (Fsp3) is 0.800. The molecule has 1 saturated heterocycles. The molecular weight excluding hydrogens is 214 g/mol. The highest BCUT2D eigenvalue weighted by Crippen LogP contribution is 2.30. The van der Waals surface area contributed by atoms with Gasteiger partial charge >= 0.3 is 0 Å². The summed E-state index contributed by atoms with van der Waals surface area (Å²) < 4.78 is 28.1. The third kappa shape index (κ3) is 1.88. The van der Waals surface area contributed by atoms with Gasteiger partial charge in [0.2, 0.25) is 5.95 Å². The Kier molecular flexibility index (Phi) is 2.82. The van der Waals surface area contributed by atoms with Gasteiger partial charge in [-0.2, -0.15) is 0 Å². The van der Waals surface area contributed by atoms with E-state index in [4.69, 9.17) is 0 Å². The molecule has 1 aromatic heterocycles. The van der Waals surface area contributed by atoms with Crippen molar-refractivity contribution in [2.75, 3.05) is 18.0 Å². The quantitative estimate of drug-likeness (QED) is 0.792. The standard InChI is InChI=1S/C10H16F2N4/c1-3-8-13-14-9(16(8)4-2)15-6-5-10(11,12)7-15/h3-7H2,1-2H3. The van der Waals surface area contributed by atoms with Gasteiger partial charge in [0.05, 0.1) is 6.54 Å². The van der Waals surface area contributed by atoms with E-state index in [1.807, 2.05) is 18.4 Å². The molecule has 0 spiro atoms. The first-order valence-electron chi connectivity index (χ1n) is 5.62. The zero-order valence-electron chi connectivity index (χ0n) is 9.58. The molecule has 1 aliphatic heterocycles. The van der Waals surface area contributed by atoms with Crippen LogP contribution in [0, 0.1) is 0 Å². The summed E-state index contributed by atoms with van der Waals surface area (Å²) in [4.78, 5) is 1.62. The van der Waals surface area contributed by atoms with Crippen LogP contribution in [0.1, 0.15) is 26.1 Å². The fourth-order valence-corrected chi connectivity index (χ4v) is 2.05. The fourth-order valence-electron chi connectivity index (χ4n) is 2.05. The lowest BCUT2D eigenvalue weighted by Gasteiger charge is -2.17. The molecule has 1 aromatic rings. The van der Waals surface area contributed by atoms with E-state index in [-0.39, 0.29) is 13.0 Å². The lowest BCUT2D eigenvalue weighted by molar-refractivity contribution is 0.0256. The molecule has 16 heavy (non-hydrogen) atoms. The number of anilines is 1. The zero-order chi connectivity index (χ0) is 11.8. The SMILES string of the molecule is CCc1nnc(N2CCC(F)(F)C2)n1CC. The highest BCUT2D eigenvalue weighted by molar-refractivity contribution is 5.34. The molecule has 2 rings (SSSR count). The Balaban J connectivity index is 2.24. The van der Waals surface area contributed by atoms with Crippen LogP contribution < -0.4 is 4.90 Å². The maximum Gasteiger partial charge on any atom is 0.267 e. The third-order valence-corrected chi connectivity index (χ3v) is 2.89. The number of rotatable bonds is 3. The zero-order valence-corrected chi connectivity index (χ0v) is 9.58. The monoisotopic (exact) mass is 230 g/mol. The molecule has 4 nitrogen and oxygen atoms in total. The van der Waals surface area contributed by atoms with Crippen molar-refractivity contribution < 1.29 is 8.78 Å². The molecule has 0 saturated carbocycles. The normalized spacial score (nSPS) is 19.4. The van der Waals surface area contributed by atoms with Gasteiger partial charge in [0, 0.05) is 25.9 Å². The second-order valence-electron chi connectivity index (χ2n) is 4.04. The Morgan fingerprint density at radius 3 is 2.56 bits per heavy atom. The van der Waals surface area contributed by atoms with E-state index < -0.39 is 5.92 Å². The Morgan fingerprint density at radius 1 is 1.31 bits per heavy atom. The number of aromatic nitrogens is 3. The van der Waals surface area contributed by atoms with Crippen molar-refractivity contribution in [2.24, 2.45) is 0 Å². The Bertz CT molecular complexity index is 375. The van der Waals surface area contributed by atoms with Gasteiger partial charge in [-0.25, -0.2) is 8.78 Å². The van der Waals surface area contributed by atoms with Crippen LogP contribution in [0.15, 0.2) is 0 Å². The van der Waals surface area contributed by atoms with Gasteiger partial charge < -0.3 is 4.90 Å². The molecule has 0 bridgehead atoms. The van der Waals surface area contributed by atoms with Crippen LogP contribution >= 0.6 is 0 Å². The molecule has 1 fully saturated rings. The molecule has 0 amide bonds. The van der Waals surface area contributed by atoms with Gasteiger partial charge in [-0.15, -0.1) is 10.2 Å². The average Bonchev–Trinajstić information content (AvgIpc) is 2.80. The average molecular weight is 230 g/mol. The number of hydrogen-bond donors (Lipinski definition) is 0. The number of alkyl halides is 2. The Hall–Kier alpha value is -1.20. The van der Waals surface area contributed by atoms with E-state index in [1.54, 1.807) is 4.90 Å². The van der Waals surface area contributed by atoms with Crippen molar-refractivity contribution in [3.8, 4) is 0 Å². The van der Waals surface area contributed by atoms with Gasteiger partial charge in [-0.1, -0.05) is 6.92 Å². The maximum atomic E-state index is 13.1. The summed E-state index contributed by atoms with van der Waals surface area (Å²) in [6.45, 7) is 4.79. The molecule has 2 heterocycles. The molecule has 0 N–H and O–H groups in total. The van der Waals surface area contributed by atoms with Crippen LogP contribution in [-0.4, -0.2) is 33.8 Å². The topological polar surface area (TPSA) is 34.0 Å². The minimum absolute atomic E-state index is 0.0922. The van der Waals surface area contributed by atoms with Crippen molar-refractivity contribution >= 4 is 5.95 Å². The summed E-state index contributed by atoms with van der Waals surface area (Å²) in [6.07, 6.45) is 0.677. The van der Waals surface area contributed by atoms with Gasteiger partial charge in [0.15, 0.2) is 0 Å². The highest BCUT2D eigenvalue weighted by atomic mass is 19.3. The molecule has 6 heteroatoms. The van der Waals surface area contributed by atoms with Crippen LogP contribution in [0.3, 0.4) is 0 Å². The first-order valence-corrected chi connectivity index (χ1v) is 5.62. The van der Waals surface area contributed by atoms with E-state index in [0.29, 0.717) is 19.0 Å². The summed E-state index contributed by atoms with van der Waals surface area (Å²) in [5, 5.41) is 8.04. The molecule has 0 aromatic carbocycles. The summed E-state index contributed by atoms with van der Waals surface area (Å²) in [7, 11) is 0. The molecule has 90 valence electrons. The highest BCUT2D eigenvalue weighted by Gasteiger charge is 2.40. The summed E-state index contributed by atoms with van der Waals surface area (Å²) in [6, 6.07) is 0. The van der Waals surface area contributed by atoms with Crippen LogP contribution in [0.4, 0.5) is 14.7 Å². The van der Waals surface area contributed by atoms with Crippen LogP contribution in [0.2, 0.25) is 0 Å². The predicted octanol–water partition coefficient (Wildman–Crippen LogP) is 1.71. The lowest BCUT2D eigenvalue weighted by Crippen LogP contribution is -2.27. The van der Waals surface area contributed by atoms with Crippen molar-refractivity contribution in [2.45, 2.75) is 39.2 Å². The van der Waals surface area contributed by atoms with Crippen molar-refractivity contribution in [3.05, 3.63) is 5.82 Å². The van der Waals surface area contributed by atoms with E-state index in [1.165, 1.54) is 0 Å². The number of aryl methyl sites for hydroxylation is 1. The summed E-state index contributed by atoms with van der Waals surface area (Å²) in [5.74, 6) is -1.15. The van der Waals surface area contributed by atoms with Crippen molar-refractivity contribution in [1.29, 1.82) is 0 Å². The summed E-state index contributed by atoms with van der Waals surface area (Å²) >= 11 is 0. The maximum absolute atomic E-state index is 13.1. The smallest absolute Gasteiger partial charge is 0.267 e. The van der Waals surface area contributed by atoms with E-state index in [0.717, 1.165) is 12.2 Å².